The number of hydrogen-bond donors (Lipinski definition) is 0. The number of nitrogens with zero attached hydrogens (tertiary/aromatic N) is 1. The third-order valence-corrected chi connectivity index (χ3v) is 8.66. The largest absolute Gasteiger partial charge is 0.456 e. The van der Waals surface area contributed by atoms with E-state index in [4.69, 9.17) is 8.83 Å². The molecule has 2 aromatic heterocycles. The van der Waals surface area contributed by atoms with E-state index in [2.05, 4.69) is 157 Å². The maximum atomic E-state index is 6.58. The molecule has 0 unspecified atom stereocenters. The van der Waals surface area contributed by atoms with Gasteiger partial charge in [-0.05, 0) is 71.3 Å². The van der Waals surface area contributed by atoms with Crippen LogP contribution in [-0.2, 0) is 0 Å². The molecular weight excluding hydrogens is 550 g/mol. The van der Waals surface area contributed by atoms with Crippen molar-refractivity contribution in [1.82, 2.24) is 0 Å². The molecule has 212 valence electrons. The van der Waals surface area contributed by atoms with Crippen LogP contribution in [0.5, 0.6) is 0 Å². The van der Waals surface area contributed by atoms with Gasteiger partial charge in [0.05, 0.1) is 0 Å². The quantitative estimate of drug-likeness (QED) is 0.204. The lowest BCUT2D eigenvalue weighted by molar-refractivity contribution is 0.664. The Hall–Kier alpha value is -6.06. The molecule has 9 rings (SSSR count). The van der Waals surface area contributed by atoms with Crippen LogP contribution in [0.1, 0.15) is 0 Å². The minimum atomic E-state index is 0.848. The molecule has 45 heavy (non-hydrogen) atoms. The lowest BCUT2D eigenvalue weighted by Crippen LogP contribution is -2.09. The number of fused-ring (bicyclic) bond motifs is 6. The molecule has 7 aromatic carbocycles. The molecule has 0 saturated heterocycles. The molecule has 2 heterocycles. The summed E-state index contributed by atoms with van der Waals surface area (Å²) in [5, 5.41) is 4.23. The van der Waals surface area contributed by atoms with E-state index >= 15 is 0 Å². The maximum absolute atomic E-state index is 6.58. The maximum Gasteiger partial charge on any atom is 0.143 e. The van der Waals surface area contributed by atoms with E-state index in [1.807, 2.05) is 12.1 Å². The Morgan fingerprint density at radius 1 is 0.333 bits per heavy atom. The van der Waals surface area contributed by atoms with Crippen LogP contribution < -0.4 is 4.90 Å². The van der Waals surface area contributed by atoms with Gasteiger partial charge in [0.15, 0.2) is 0 Å². The summed E-state index contributed by atoms with van der Waals surface area (Å²) in [5.41, 5.74) is 11.3. The van der Waals surface area contributed by atoms with E-state index in [-0.39, 0.29) is 0 Å². The second-order valence-corrected chi connectivity index (χ2v) is 11.4. The zero-order valence-corrected chi connectivity index (χ0v) is 24.4. The molecule has 0 radical (unpaired) electrons. The van der Waals surface area contributed by atoms with Crippen molar-refractivity contribution < 1.29 is 8.83 Å². The average molecular weight is 578 g/mol. The van der Waals surface area contributed by atoms with Crippen molar-refractivity contribution >= 4 is 60.9 Å². The molecule has 0 N–H and O–H groups in total. The first kappa shape index (κ1) is 25.4. The van der Waals surface area contributed by atoms with Crippen LogP contribution in [0.3, 0.4) is 0 Å². The molecule has 3 nitrogen and oxygen atoms in total. The molecule has 0 spiro atoms. The van der Waals surface area contributed by atoms with Gasteiger partial charge in [-0.1, -0.05) is 109 Å². The fourth-order valence-corrected chi connectivity index (χ4v) is 6.50. The Morgan fingerprint density at radius 3 is 1.62 bits per heavy atom. The van der Waals surface area contributed by atoms with Crippen molar-refractivity contribution in [3.63, 3.8) is 0 Å². The first-order chi connectivity index (χ1) is 22.3. The van der Waals surface area contributed by atoms with E-state index < -0.39 is 0 Å². The fourth-order valence-electron chi connectivity index (χ4n) is 6.50. The third kappa shape index (κ3) is 4.29. The van der Waals surface area contributed by atoms with Gasteiger partial charge in [0, 0.05) is 44.2 Å². The van der Waals surface area contributed by atoms with E-state index in [9.17, 15) is 0 Å². The molecule has 0 aliphatic heterocycles. The minimum Gasteiger partial charge on any atom is -0.456 e. The van der Waals surface area contributed by atoms with Gasteiger partial charge < -0.3 is 13.7 Å². The summed E-state index contributed by atoms with van der Waals surface area (Å²) in [4.78, 5) is 2.29. The van der Waals surface area contributed by atoms with Crippen LogP contribution in [0.15, 0.2) is 173 Å². The van der Waals surface area contributed by atoms with Crippen molar-refractivity contribution in [2.24, 2.45) is 0 Å². The summed E-state index contributed by atoms with van der Waals surface area (Å²) >= 11 is 0. The second-order valence-electron chi connectivity index (χ2n) is 11.4. The summed E-state index contributed by atoms with van der Waals surface area (Å²) in [6.07, 6.45) is 0. The highest BCUT2D eigenvalue weighted by molar-refractivity contribution is 6.17. The number of para-hydroxylation sites is 2. The van der Waals surface area contributed by atoms with Crippen molar-refractivity contribution in [2.75, 3.05) is 4.90 Å². The highest BCUT2D eigenvalue weighted by Gasteiger charge is 2.18. The zero-order valence-electron chi connectivity index (χ0n) is 24.4. The van der Waals surface area contributed by atoms with Crippen LogP contribution in [-0.4, -0.2) is 0 Å². The third-order valence-electron chi connectivity index (χ3n) is 8.66. The van der Waals surface area contributed by atoms with Crippen LogP contribution in [0.2, 0.25) is 0 Å². The summed E-state index contributed by atoms with van der Waals surface area (Å²) in [7, 11) is 0. The van der Waals surface area contributed by atoms with Crippen molar-refractivity contribution in [3.05, 3.63) is 164 Å². The van der Waals surface area contributed by atoms with Gasteiger partial charge in [0.1, 0.15) is 22.3 Å². The predicted octanol–water partition coefficient (Wildman–Crippen LogP) is 12.3. The van der Waals surface area contributed by atoms with Crippen LogP contribution in [0.25, 0.3) is 66.1 Å². The molecule has 0 aliphatic carbocycles. The summed E-state index contributed by atoms with van der Waals surface area (Å²) in [6.45, 7) is 0. The topological polar surface area (TPSA) is 29.5 Å². The summed E-state index contributed by atoms with van der Waals surface area (Å²) < 4.78 is 13.0. The van der Waals surface area contributed by atoms with Crippen molar-refractivity contribution in [1.29, 1.82) is 0 Å². The molecule has 0 aliphatic rings. The predicted molar refractivity (Wildman–Crippen MR) is 187 cm³/mol. The number of anilines is 3. The van der Waals surface area contributed by atoms with Gasteiger partial charge in [0.2, 0.25) is 0 Å². The Balaban J connectivity index is 1.19. The molecule has 0 fully saturated rings. The van der Waals surface area contributed by atoms with Gasteiger partial charge in [-0.2, -0.15) is 0 Å². The first-order valence-electron chi connectivity index (χ1n) is 15.2. The van der Waals surface area contributed by atoms with Gasteiger partial charge in [-0.15, -0.1) is 0 Å². The number of rotatable bonds is 5. The van der Waals surface area contributed by atoms with E-state index in [1.165, 1.54) is 11.1 Å². The average Bonchev–Trinajstić information content (AvgIpc) is 3.66. The molecule has 9 aromatic rings. The molecule has 0 atom stereocenters. The standard InChI is InChI=1S/C42H27NO2/c1-4-11-28(12-5-1)29-19-21-32(22-20-29)43(31-15-8-3-9-16-31)33-23-24-39-36(25-33)38-27-41-37(26-40(38)44-39)35-18-10-17-34(42(35)45-41)30-13-6-2-7-14-30/h1-27H. The SMILES string of the molecule is c1ccc(-c2ccc(N(c3ccccc3)c3ccc4oc5cc6c(cc5c4c3)oc3c(-c4ccccc4)cccc36)cc2)cc1. The number of furan rings is 2. The van der Waals surface area contributed by atoms with Gasteiger partial charge in [-0.25, -0.2) is 0 Å². The normalized spacial score (nSPS) is 11.6. The van der Waals surface area contributed by atoms with Gasteiger partial charge in [-0.3, -0.25) is 0 Å². The van der Waals surface area contributed by atoms with Crippen LogP contribution in [0.4, 0.5) is 17.1 Å². The molecular formula is C42H27NO2. The van der Waals surface area contributed by atoms with E-state index in [0.717, 1.165) is 72.1 Å². The molecule has 0 saturated carbocycles. The lowest BCUT2D eigenvalue weighted by atomic mass is 10.0. The number of hydrogen-bond acceptors (Lipinski definition) is 3. The summed E-state index contributed by atoms with van der Waals surface area (Å²) in [5.74, 6) is 0. The minimum absolute atomic E-state index is 0.848. The lowest BCUT2D eigenvalue weighted by Gasteiger charge is -2.25. The number of benzene rings is 7. The highest BCUT2D eigenvalue weighted by atomic mass is 16.3. The summed E-state index contributed by atoms with van der Waals surface area (Å²) in [6, 6.07) is 57.2. The molecule has 0 bridgehead atoms. The van der Waals surface area contributed by atoms with Crippen molar-refractivity contribution in [2.45, 2.75) is 0 Å². The molecule has 3 heteroatoms. The Kier molecular flexibility index (Phi) is 5.82. The monoisotopic (exact) mass is 577 g/mol. The Labute approximate surface area is 260 Å². The zero-order chi connectivity index (χ0) is 29.7. The van der Waals surface area contributed by atoms with Crippen LogP contribution in [0, 0.1) is 0 Å². The Morgan fingerprint density at radius 2 is 0.889 bits per heavy atom. The smallest absolute Gasteiger partial charge is 0.143 e. The second kappa shape index (κ2) is 10.3. The first-order valence-corrected chi connectivity index (χ1v) is 15.2. The van der Waals surface area contributed by atoms with Crippen molar-refractivity contribution in [3.8, 4) is 22.3 Å². The van der Waals surface area contributed by atoms with E-state index in [1.54, 1.807) is 0 Å². The van der Waals surface area contributed by atoms with Gasteiger partial charge in [0.25, 0.3) is 0 Å². The molecule has 0 amide bonds. The van der Waals surface area contributed by atoms with Gasteiger partial charge >= 0.3 is 0 Å². The highest BCUT2D eigenvalue weighted by Crippen LogP contribution is 2.42. The van der Waals surface area contributed by atoms with E-state index in [0.29, 0.717) is 0 Å². The fraction of sp³-hybridized carbons (Fsp3) is 0. The Bertz CT molecular complexity index is 2460. The van der Waals surface area contributed by atoms with Crippen LogP contribution >= 0.6 is 0 Å².